The SMILES string of the molecule is C/C=C/C(=O)N[C@H]1CCc2cc(OC)c(OC)c(O)c2-c2ccc(SC)c(=O)cc21. The number of fused-ring (bicyclic) bond motifs is 3. The lowest BCUT2D eigenvalue weighted by Crippen LogP contribution is -2.27. The number of ether oxygens (including phenoxy) is 2. The number of methoxy groups -OCH3 is 2. The molecule has 2 aromatic carbocycles. The number of allylic oxidation sites excluding steroid dienone is 1. The van der Waals surface area contributed by atoms with Crippen molar-refractivity contribution in [1.82, 2.24) is 5.32 Å². The van der Waals surface area contributed by atoms with Crippen molar-refractivity contribution in [2.24, 2.45) is 0 Å². The molecule has 0 unspecified atom stereocenters. The molecule has 0 radical (unpaired) electrons. The molecule has 0 saturated heterocycles. The van der Waals surface area contributed by atoms with Crippen LogP contribution in [0.15, 0.2) is 46.1 Å². The van der Waals surface area contributed by atoms with E-state index in [0.29, 0.717) is 40.2 Å². The standard InChI is InChI=1S/C23H25NO5S/c1-5-6-20(26)24-16-9-7-13-11-18(28-2)23(29-3)22(27)21(13)14-8-10-19(30-4)17(25)12-15(14)16/h5-6,8,10-12,16,27H,7,9H2,1-4H3,(H,24,26)/b6-5+/t16-/m0/s1. The smallest absolute Gasteiger partial charge is 0.244 e. The number of phenols is 1. The van der Waals surface area contributed by atoms with Gasteiger partial charge in [0.25, 0.3) is 0 Å². The zero-order valence-corrected chi connectivity index (χ0v) is 18.3. The Bertz CT molecular complexity index is 1060. The fourth-order valence-corrected chi connectivity index (χ4v) is 4.28. The van der Waals surface area contributed by atoms with Crippen LogP contribution in [0.1, 0.15) is 30.5 Å². The van der Waals surface area contributed by atoms with Gasteiger partial charge in [-0.05, 0) is 67.0 Å². The predicted octanol–water partition coefficient (Wildman–Crippen LogP) is 3.84. The molecule has 0 heterocycles. The molecular weight excluding hydrogens is 402 g/mol. The Labute approximate surface area is 179 Å². The minimum atomic E-state index is -0.387. The largest absolute Gasteiger partial charge is 0.504 e. The summed E-state index contributed by atoms with van der Waals surface area (Å²) < 4.78 is 10.8. The molecular formula is C23H25NO5S. The summed E-state index contributed by atoms with van der Waals surface area (Å²) in [7, 11) is 2.98. The van der Waals surface area contributed by atoms with Crippen molar-refractivity contribution >= 4 is 17.7 Å². The summed E-state index contributed by atoms with van der Waals surface area (Å²) in [5.41, 5.74) is 2.67. The number of hydrogen-bond donors (Lipinski definition) is 2. The van der Waals surface area contributed by atoms with Gasteiger partial charge in [-0.3, -0.25) is 9.59 Å². The first-order valence-corrected chi connectivity index (χ1v) is 10.8. The van der Waals surface area contributed by atoms with E-state index in [4.69, 9.17) is 9.47 Å². The van der Waals surface area contributed by atoms with Crippen LogP contribution in [0.4, 0.5) is 0 Å². The van der Waals surface area contributed by atoms with Gasteiger partial charge in [0.2, 0.25) is 11.7 Å². The van der Waals surface area contributed by atoms with Crippen molar-refractivity contribution in [3.63, 3.8) is 0 Å². The lowest BCUT2D eigenvalue weighted by molar-refractivity contribution is -0.117. The molecule has 0 bridgehead atoms. The van der Waals surface area contributed by atoms with E-state index in [2.05, 4.69) is 5.32 Å². The molecule has 7 heteroatoms. The number of carbonyl (C=O) groups is 1. The normalized spacial score (nSPS) is 15.1. The number of rotatable bonds is 5. The maximum atomic E-state index is 12.8. The Kier molecular flexibility index (Phi) is 6.72. The zero-order valence-electron chi connectivity index (χ0n) is 17.4. The summed E-state index contributed by atoms with van der Waals surface area (Å²) in [5.74, 6) is 0.389. The number of nitrogens with one attached hydrogen (secondary N) is 1. The molecule has 158 valence electrons. The number of aromatic hydroxyl groups is 1. The first-order valence-electron chi connectivity index (χ1n) is 9.57. The summed E-state index contributed by atoms with van der Waals surface area (Å²) in [6, 6.07) is 6.60. The maximum Gasteiger partial charge on any atom is 0.244 e. The van der Waals surface area contributed by atoms with E-state index in [1.165, 1.54) is 32.1 Å². The highest BCUT2D eigenvalue weighted by Gasteiger charge is 2.28. The molecule has 1 aliphatic rings. The van der Waals surface area contributed by atoms with Gasteiger partial charge in [-0.2, -0.15) is 0 Å². The summed E-state index contributed by atoms with van der Waals surface area (Å²) in [4.78, 5) is 25.6. The van der Waals surface area contributed by atoms with Crippen LogP contribution in [0, 0.1) is 0 Å². The molecule has 0 spiro atoms. The maximum absolute atomic E-state index is 12.8. The van der Waals surface area contributed by atoms with Crippen LogP contribution in [0.2, 0.25) is 0 Å². The molecule has 0 saturated carbocycles. The van der Waals surface area contributed by atoms with Gasteiger partial charge in [0, 0.05) is 5.56 Å². The first-order chi connectivity index (χ1) is 14.4. The number of aryl methyl sites for hydroxylation is 1. The van der Waals surface area contributed by atoms with Gasteiger partial charge >= 0.3 is 0 Å². The molecule has 1 amide bonds. The van der Waals surface area contributed by atoms with Crippen molar-refractivity contribution in [2.45, 2.75) is 30.7 Å². The van der Waals surface area contributed by atoms with Crippen molar-refractivity contribution in [3.8, 4) is 28.4 Å². The number of hydrogen-bond acceptors (Lipinski definition) is 6. The van der Waals surface area contributed by atoms with Crippen molar-refractivity contribution in [3.05, 3.63) is 57.8 Å². The molecule has 30 heavy (non-hydrogen) atoms. The number of carbonyl (C=O) groups excluding carboxylic acids is 1. The Morgan fingerprint density at radius 1 is 1.27 bits per heavy atom. The van der Waals surface area contributed by atoms with Crippen LogP contribution >= 0.6 is 11.8 Å². The van der Waals surface area contributed by atoms with Gasteiger partial charge in [0.1, 0.15) is 0 Å². The van der Waals surface area contributed by atoms with Gasteiger partial charge in [-0.1, -0.05) is 12.1 Å². The topological polar surface area (TPSA) is 84.9 Å². The fraction of sp³-hybridized carbons (Fsp3) is 0.304. The van der Waals surface area contributed by atoms with E-state index in [9.17, 15) is 14.7 Å². The first kappa shape index (κ1) is 21.8. The lowest BCUT2D eigenvalue weighted by Gasteiger charge is -2.18. The van der Waals surface area contributed by atoms with E-state index in [0.717, 1.165) is 5.56 Å². The van der Waals surface area contributed by atoms with Gasteiger partial charge in [-0.15, -0.1) is 11.8 Å². The monoisotopic (exact) mass is 427 g/mol. The summed E-state index contributed by atoms with van der Waals surface area (Å²) in [5, 5.41) is 14.1. The summed E-state index contributed by atoms with van der Waals surface area (Å²) in [6.45, 7) is 1.77. The van der Waals surface area contributed by atoms with Gasteiger partial charge < -0.3 is 19.9 Å². The molecule has 0 aliphatic heterocycles. The third kappa shape index (κ3) is 4.03. The average Bonchev–Trinajstić information content (AvgIpc) is 2.97. The van der Waals surface area contributed by atoms with E-state index in [1.807, 2.05) is 18.4 Å². The van der Waals surface area contributed by atoms with Crippen molar-refractivity contribution in [1.29, 1.82) is 0 Å². The highest BCUT2D eigenvalue weighted by molar-refractivity contribution is 7.98. The van der Waals surface area contributed by atoms with Crippen molar-refractivity contribution in [2.75, 3.05) is 20.5 Å². The van der Waals surface area contributed by atoms with E-state index < -0.39 is 0 Å². The molecule has 0 aromatic heterocycles. The van der Waals surface area contributed by atoms with Crippen LogP contribution in [0.3, 0.4) is 0 Å². The molecule has 0 fully saturated rings. The van der Waals surface area contributed by atoms with E-state index in [-0.39, 0.29) is 28.9 Å². The van der Waals surface area contributed by atoms with Crippen LogP contribution in [-0.2, 0) is 11.2 Å². The molecule has 2 N–H and O–H groups in total. The molecule has 1 atom stereocenters. The summed E-state index contributed by atoms with van der Waals surface area (Å²) in [6.07, 6.45) is 6.10. The number of benzene rings is 1. The molecule has 2 aromatic rings. The van der Waals surface area contributed by atoms with E-state index in [1.54, 1.807) is 25.1 Å². The van der Waals surface area contributed by atoms with Crippen molar-refractivity contribution < 1.29 is 19.4 Å². The second-order valence-corrected chi connectivity index (χ2v) is 7.72. The second kappa shape index (κ2) is 9.26. The van der Waals surface area contributed by atoms with Gasteiger partial charge in [-0.25, -0.2) is 0 Å². The average molecular weight is 428 g/mol. The Morgan fingerprint density at radius 3 is 2.67 bits per heavy atom. The number of phenolic OH excluding ortho intramolecular Hbond substituents is 1. The highest BCUT2D eigenvalue weighted by atomic mass is 32.2. The third-order valence-electron chi connectivity index (χ3n) is 5.17. The highest BCUT2D eigenvalue weighted by Crippen LogP contribution is 2.49. The minimum absolute atomic E-state index is 0.0436. The number of thioether (sulfide) groups is 1. The lowest BCUT2D eigenvalue weighted by atomic mass is 9.95. The Hall–Kier alpha value is -2.93. The quantitative estimate of drug-likeness (QED) is 0.557. The molecule has 1 aliphatic carbocycles. The zero-order chi connectivity index (χ0) is 21.8. The minimum Gasteiger partial charge on any atom is -0.504 e. The predicted molar refractivity (Wildman–Crippen MR) is 119 cm³/mol. The van der Waals surface area contributed by atoms with Crippen LogP contribution < -0.4 is 20.2 Å². The molecule has 3 rings (SSSR count). The second-order valence-electron chi connectivity index (χ2n) is 6.87. The van der Waals surface area contributed by atoms with Gasteiger partial charge in [0.15, 0.2) is 16.9 Å². The van der Waals surface area contributed by atoms with E-state index >= 15 is 0 Å². The summed E-state index contributed by atoms with van der Waals surface area (Å²) >= 11 is 1.36. The van der Waals surface area contributed by atoms with Crippen LogP contribution in [0.5, 0.6) is 17.2 Å². The fourth-order valence-electron chi connectivity index (χ4n) is 3.81. The van der Waals surface area contributed by atoms with Gasteiger partial charge in [0.05, 0.1) is 25.2 Å². The van der Waals surface area contributed by atoms with Crippen LogP contribution in [-0.4, -0.2) is 31.5 Å². The Balaban J connectivity index is 2.33. The Morgan fingerprint density at radius 2 is 2.03 bits per heavy atom. The molecule has 6 nitrogen and oxygen atoms in total. The number of amides is 1. The van der Waals surface area contributed by atoms with Crippen LogP contribution in [0.25, 0.3) is 11.1 Å². The third-order valence-corrected chi connectivity index (χ3v) is 5.95.